The lowest BCUT2D eigenvalue weighted by Crippen LogP contribution is -2.35. The summed E-state index contributed by atoms with van der Waals surface area (Å²) in [5.74, 6) is -0.442. The molecule has 1 aliphatic heterocycles. The van der Waals surface area contributed by atoms with Gasteiger partial charge in [0.25, 0.3) is 5.56 Å². The molecule has 0 spiro atoms. The van der Waals surface area contributed by atoms with Crippen molar-refractivity contribution in [2.24, 2.45) is 5.41 Å². The van der Waals surface area contributed by atoms with Crippen molar-refractivity contribution in [3.63, 3.8) is 0 Å². The lowest BCUT2D eigenvalue weighted by molar-refractivity contribution is -0.159. The predicted molar refractivity (Wildman–Crippen MR) is 84.5 cm³/mol. The van der Waals surface area contributed by atoms with E-state index in [-0.39, 0.29) is 17.8 Å². The van der Waals surface area contributed by atoms with E-state index in [9.17, 15) is 19.8 Å². The summed E-state index contributed by atoms with van der Waals surface area (Å²) in [6, 6.07) is 0. The number of rotatable bonds is 3. The van der Waals surface area contributed by atoms with Crippen LogP contribution in [0, 0.1) is 5.41 Å². The Labute approximate surface area is 142 Å². The molecule has 0 bridgehead atoms. The van der Waals surface area contributed by atoms with E-state index in [2.05, 4.69) is 15.0 Å². The maximum Gasteiger partial charge on any atom is 0.311 e. The zero-order valence-electron chi connectivity index (χ0n) is 14.0. The lowest BCUT2D eigenvalue weighted by Gasteiger charge is -2.20. The minimum absolute atomic E-state index is 0.0930. The van der Waals surface area contributed by atoms with E-state index < -0.39 is 41.5 Å². The number of esters is 1. The number of hydrogen-bond donors (Lipinski definition) is 3. The Morgan fingerprint density at radius 3 is 2.76 bits per heavy atom. The number of aliphatic hydroxyl groups is 2. The van der Waals surface area contributed by atoms with E-state index in [1.165, 1.54) is 17.2 Å². The van der Waals surface area contributed by atoms with Gasteiger partial charge in [-0.15, -0.1) is 0 Å². The summed E-state index contributed by atoms with van der Waals surface area (Å²) in [7, 11) is 0. The Morgan fingerprint density at radius 2 is 2.08 bits per heavy atom. The first-order valence-electron chi connectivity index (χ1n) is 7.79. The number of aliphatic hydroxyl groups excluding tert-OH is 2. The van der Waals surface area contributed by atoms with Gasteiger partial charge in [0.05, 0.1) is 18.1 Å². The second-order valence-electron chi connectivity index (χ2n) is 6.95. The number of H-pyrrole nitrogens is 1. The van der Waals surface area contributed by atoms with Gasteiger partial charge in [0, 0.05) is 0 Å². The van der Waals surface area contributed by atoms with Crippen LogP contribution in [0.15, 0.2) is 17.4 Å². The minimum Gasteiger partial charge on any atom is -0.462 e. The highest BCUT2D eigenvalue weighted by Crippen LogP contribution is 2.31. The molecule has 1 saturated heterocycles. The molecule has 25 heavy (non-hydrogen) atoms. The molecule has 1 fully saturated rings. The molecule has 136 valence electrons. The molecule has 3 N–H and O–H groups in total. The molecule has 0 aromatic carbocycles. The number of carbonyl (C=O) groups is 1. The summed E-state index contributed by atoms with van der Waals surface area (Å²) in [4.78, 5) is 33.9. The van der Waals surface area contributed by atoms with Gasteiger partial charge in [0.2, 0.25) is 0 Å². The summed E-state index contributed by atoms with van der Waals surface area (Å²) >= 11 is 0. The lowest BCUT2D eigenvalue weighted by atomic mass is 9.97. The third kappa shape index (κ3) is 3.15. The topological polar surface area (TPSA) is 140 Å². The Morgan fingerprint density at radius 1 is 1.36 bits per heavy atom. The molecule has 0 unspecified atom stereocenters. The molecule has 0 amide bonds. The number of carbonyl (C=O) groups excluding carboxylic acids is 1. The number of hydrogen-bond acceptors (Lipinski definition) is 8. The number of nitrogens with zero attached hydrogens (tertiary/aromatic N) is 3. The average Bonchev–Trinajstić information content (AvgIpc) is 3.08. The summed E-state index contributed by atoms with van der Waals surface area (Å²) in [6.07, 6.45) is -1.97. The van der Waals surface area contributed by atoms with Crippen molar-refractivity contribution >= 4 is 17.1 Å². The zero-order chi connectivity index (χ0) is 18.4. The number of aromatic nitrogens is 4. The number of imidazole rings is 1. The SMILES string of the molecule is CC(C)(C)C(=O)OC[C@H]1O[C@@H](n2cnc3c(=O)[nH]cnc32)[C@@H](O)[C@H]1O. The van der Waals surface area contributed by atoms with Crippen LogP contribution in [-0.2, 0) is 14.3 Å². The van der Waals surface area contributed by atoms with Crippen molar-refractivity contribution in [2.75, 3.05) is 6.61 Å². The van der Waals surface area contributed by atoms with E-state index in [1.807, 2.05) is 0 Å². The molecule has 0 aliphatic carbocycles. The highest BCUT2D eigenvalue weighted by Gasteiger charge is 2.45. The first-order valence-corrected chi connectivity index (χ1v) is 7.79. The summed E-state index contributed by atoms with van der Waals surface area (Å²) in [5, 5.41) is 20.5. The fraction of sp³-hybridized carbons (Fsp3) is 0.600. The van der Waals surface area contributed by atoms with Crippen LogP contribution in [0.2, 0.25) is 0 Å². The van der Waals surface area contributed by atoms with E-state index >= 15 is 0 Å². The number of fused-ring (bicyclic) bond motifs is 1. The molecule has 2 aromatic rings. The van der Waals surface area contributed by atoms with Crippen LogP contribution in [0.3, 0.4) is 0 Å². The first-order chi connectivity index (χ1) is 11.7. The van der Waals surface area contributed by atoms with Crippen LogP contribution >= 0.6 is 0 Å². The van der Waals surface area contributed by atoms with Gasteiger partial charge in [-0.3, -0.25) is 14.2 Å². The standard InChI is InChI=1S/C15H20N4O6/c1-15(2,3)14(23)24-4-7-9(20)10(21)13(25-7)19-6-18-8-11(19)16-5-17-12(8)22/h5-7,9-10,13,20-21H,4H2,1-3H3,(H,16,17,22)/t7-,9+,10+,13-/m1/s1. The Bertz CT molecular complexity index is 838. The van der Waals surface area contributed by atoms with Crippen molar-refractivity contribution in [1.82, 2.24) is 19.5 Å². The Hall–Kier alpha value is -2.30. The molecular formula is C15H20N4O6. The fourth-order valence-electron chi connectivity index (χ4n) is 2.52. The maximum absolute atomic E-state index is 11.8. The van der Waals surface area contributed by atoms with E-state index in [4.69, 9.17) is 9.47 Å². The van der Waals surface area contributed by atoms with Crippen LogP contribution in [0.5, 0.6) is 0 Å². The van der Waals surface area contributed by atoms with Crippen LogP contribution < -0.4 is 5.56 Å². The van der Waals surface area contributed by atoms with Crippen LogP contribution in [0.25, 0.3) is 11.2 Å². The molecule has 3 heterocycles. The number of nitrogens with one attached hydrogen (secondary N) is 1. The predicted octanol–water partition coefficient (Wildman–Crippen LogP) is -0.672. The largest absolute Gasteiger partial charge is 0.462 e. The van der Waals surface area contributed by atoms with Gasteiger partial charge in [-0.25, -0.2) is 9.97 Å². The molecule has 4 atom stereocenters. The monoisotopic (exact) mass is 352 g/mol. The average molecular weight is 352 g/mol. The van der Waals surface area contributed by atoms with Crippen molar-refractivity contribution in [3.05, 3.63) is 23.0 Å². The Kier molecular flexibility index (Phi) is 4.35. The van der Waals surface area contributed by atoms with Crippen molar-refractivity contribution in [3.8, 4) is 0 Å². The zero-order valence-corrected chi connectivity index (χ0v) is 14.0. The van der Waals surface area contributed by atoms with Gasteiger partial charge >= 0.3 is 5.97 Å². The van der Waals surface area contributed by atoms with Gasteiger partial charge in [-0.1, -0.05) is 0 Å². The summed E-state index contributed by atoms with van der Waals surface area (Å²) in [5.41, 5.74) is -0.803. The minimum atomic E-state index is -1.29. The van der Waals surface area contributed by atoms with Crippen molar-refractivity contribution in [2.45, 2.75) is 45.3 Å². The molecule has 0 radical (unpaired) electrons. The van der Waals surface area contributed by atoms with Gasteiger partial charge in [0.15, 0.2) is 17.4 Å². The highest BCUT2D eigenvalue weighted by atomic mass is 16.6. The summed E-state index contributed by atoms with van der Waals surface area (Å²) in [6.45, 7) is 4.92. The second kappa shape index (κ2) is 6.21. The molecule has 0 saturated carbocycles. The van der Waals surface area contributed by atoms with Gasteiger partial charge in [0.1, 0.15) is 24.9 Å². The molecule has 10 heteroatoms. The third-order valence-electron chi connectivity index (χ3n) is 3.97. The Balaban J connectivity index is 1.79. The van der Waals surface area contributed by atoms with Crippen LogP contribution in [0.1, 0.15) is 27.0 Å². The van der Waals surface area contributed by atoms with E-state index in [1.54, 1.807) is 20.8 Å². The van der Waals surface area contributed by atoms with Crippen LogP contribution in [-0.4, -0.2) is 60.6 Å². The quantitative estimate of drug-likeness (QED) is 0.618. The normalized spacial score (nSPS) is 26.9. The highest BCUT2D eigenvalue weighted by molar-refractivity contribution is 5.75. The third-order valence-corrected chi connectivity index (χ3v) is 3.97. The summed E-state index contributed by atoms with van der Waals surface area (Å²) < 4.78 is 12.2. The maximum atomic E-state index is 11.8. The molecule has 10 nitrogen and oxygen atoms in total. The first kappa shape index (κ1) is 17.5. The van der Waals surface area contributed by atoms with Crippen LogP contribution in [0.4, 0.5) is 0 Å². The van der Waals surface area contributed by atoms with Crippen molar-refractivity contribution in [1.29, 1.82) is 0 Å². The van der Waals surface area contributed by atoms with Gasteiger partial charge in [-0.2, -0.15) is 0 Å². The smallest absolute Gasteiger partial charge is 0.311 e. The van der Waals surface area contributed by atoms with Gasteiger partial charge in [-0.05, 0) is 20.8 Å². The van der Waals surface area contributed by atoms with E-state index in [0.717, 1.165) is 0 Å². The van der Waals surface area contributed by atoms with Crippen molar-refractivity contribution < 1.29 is 24.5 Å². The molecule has 1 aliphatic rings. The second-order valence-corrected chi connectivity index (χ2v) is 6.95. The molecule has 2 aromatic heterocycles. The number of aromatic amines is 1. The van der Waals surface area contributed by atoms with E-state index in [0.29, 0.717) is 0 Å². The fourth-order valence-corrected chi connectivity index (χ4v) is 2.52. The molecular weight excluding hydrogens is 332 g/mol. The van der Waals surface area contributed by atoms with Gasteiger partial charge < -0.3 is 24.7 Å². The number of ether oxygens (including phenoxy) is 2. The molecule has 3 rings (SSSR count).